The molecule has 7 nitrogen and oxygen atoms in total. The highest BCUT2D eigenvalue weighted by Gasteiger charge is 2.36. The minimum Gasteiger partial charge on any atom is -0.347 e. The van der Waals surface area contributed by atoms with E-state index in [0.717, 1.165) is 15.9 Å². The molecule has 3 rings (SSSR count). The van der Waals surface area contributed by atoms with Crippen LogP contribution in [0.1, 0.15) is 17.6 Å². The molecule has 2 N–H and O–H groups in total. The quantitative estimate of drug-likeness (QED) is 0.379. The molecular weight excluding hydrogens is 457 g/mol. The maximum Gasteiger partial charge on any atom is 0.439 e. The Balaban J connectivity index is 1.95. The normalized spacial score (nSPS) is 15.5. The number of H-pyrrole nitrogens is 1. The van der Waals surface area contributed by atoms with Crippen LogP contribution in [0, 0.1) is 0 Å². The minimum atomic E-state index is -3.36. The number of nitrogens with one attached hydrogen (secondary N) is 2. The van der Waals surface area contributed by atoms with Crippen molar-refractivity contribution in [3.05, 3.63) is 79.6 Å². The van der Waals surface area contributed by atoms with Crippen LogP contribution < -0.4 is 11.1 Å². The molecule has 0 bridgehead atoms. The number of nitrogens with zero attached hydrogens (tertiary/aromatic N) is 2. The number of hydrogen-bond acceptors (Lipinski definition) is 6. The largest absolute Gasteiger partial charge is 0.439 e. The lowest BCUT2D eigenvalue weighted by atomic mass is 10.0. The Morgan fingerprint density at radius 3 is 2.83 bits per heavy atom. The smallest absolute Gasteiger partial charge is 0.347 e. The fraction of sp³-hybridized carbons (Fsp3) is 0.167. The molecule has 0 fully saturated rings. The average molecular weight is 473 g/mol. The Labute approximate surface area is 181 Å². The number of alkyl halides is 2. The van der Waals surface area contributed by atoms with Gasteiger partial charge in [0.15, 0.2) is 5.82 Å². The van der Waals surface area contributed by atoms with Crippen LogP contribution in [0.15, 0.2) is 67.7 Å². The standard InChI is InChI=1S/C18H16ClF2N4O3PS/c1-9(16(26)22-7-12-4-3-5-30-12)14(19)25-8-11(15-23-17(27)28-24-15)6-13(10(25)2)18(20,21)29/h3-6,8H,2,7,29H2,1H3,(H,22,26)(H,23,24,27)/b14-9+. The number of carbonyl (C=O) groups excluding carboxylic acids is 1. The van der Waals surface area contributed by atoms with Crippen LogP contribution in [-0.2, 0) is 11.3 Å². The van der Waals surface area contributed by atoms with Crippen LogP contribution in [0.3, 0.4) is 0 Å². The molecule has 0 saturated carbocycles. The highest BCUT2D eigenvalue weighted by Crippen LogP contribution is 2.42. The number of rotatable bonds is 6. The number of hydrogen-bond donors (Lipinski definition) is 2. The molecule has 30 heavy (non-hydrogen) atoms. The first-order valence-electron chi connectivity index (χ1n) is 8.40. The van der Waals surface area contributed by atoms with Crippen molar-refractivity contribution in [1.82, 2.24) is 20.4 Å². The summed E-state index contributed by atoms with van der Waals surface area (Å²) in [4.78, 5) is 28.1. The van der Waals surface area contributed by atoms with Crippen LogP contribution in [0.25, 0.3) is 5.57 Å². The SMILES string of the molecule is C=C1C(C(F)(F)P)=CC(c2noc(=O)[nH]2)=CN1/C(Cl)=C(\C)C(=O)NCc1cccs1. The fourth-order valence-electron chi connectivity index (χ4n) is 2.56. The number of amides is 1. The van der Waals surface area contributed by atoms with Gasteiger partial charge >= 0.3 is 5.76 Å². The number of halogens is 3. The zero-order valence-corrected chi connectivity index (χ0v) is 18.3. The van der Waals surface area contributed by atoms with Gasteiger partial charge in [0.25, 0.3) is 5.66 Å². The second kappa shape index (κ2) is 8.67. The molecule has 1 unspecified atom stereocenters. The zero-order valence-electron chi connectivity index (χ0n) is 15.5. The van der Waals surface area contributed by atoms with Gasteiger partial charge in [0.1, 0.15) is 5.16 Å². The van der Waals surface area contributed by atoms with Gasteiger partial charge in [0.05, 0.1) is 6.54 Å². The summed E-state index contributed by atoms with van der Waals surface area (Å²) in [5.41, 5.74) is -3.80. The van der Waals surface area contributed by atoms with Crippen molar-refractivity contribution in [2.24, 2.45) is 0 Å². The van der Waals surface area contributed by atoms with Crippen molar-refractivity contribution in [3.63, 3.8) is 0 Å². The van der Waals surface area contributed by atoms with E-state index in [4.69, 9.17) is 11.6 Å². The summed E-state index contributed by atoms with van der Waals surface area (Å²) in [6, 6.07) is 3.72. The van der Waals surface area contributed by atoms with Gasteiger partial charge in [-0.15, -0.1) is 11.3 Å². The van der Waals surface area contributed by atoms with E-state index in [0.29, 0.717) is 6.54 Å². The van der Waals surface area contributed by atoms with E-state index in [-0.39, 0.29) is 27.8 Å². The lowest BCUT2D eigenvalue weighted by Gasteiger charge is -2.31. The number of allylic oxidation sites excluding steroid dienone is 3. The van der Waals surface area contributed by atoms with Crippen LogP contribution >= 0.6 is 32.2 Å². The number of carbonyl (C=O) groups is 1. The predicted molar refractivity (Wildman–Crippen MR) is 114 cm³/mol. The summed E-state index contributed by atoms with van der Waals surface area (Å²) in [5, 5.41) is 7.98. The number of aromatic amines is 1. The van der Waals surface area contributed by atoms with Crippen LogP contribution in [0.5, 0.6) is 0 Å². The Morgan fingerprint density at radius 2 is 2.27 bits per heavy atom. The first-order chi connectivity index (χ1) is 14.1. The summed E-state index contributed by atoms with van der Waals surface area (Å²) in [7, 11) is 1.42. The summed E-state index contributed by atoms with van der Waals surface area (Å²) in [5.74, 6) is -1.39. The topological polar surface area (TPSA) is 91.2 Å². The molecule has 0 radical (unpaired) electrons. The number of aromatic nitrogens is 2. The average Bonchev–Trinajstić information content (AvgIpc) is 3.36. The molecule has 1 aliphatic heterocycles. The van der Waals surface area contributed by atoms with E-state index in [1.165, 1.54) is 33.7 Å². The molecule has 3 heterocycles. The Kier molecular flexibility index (Phi) is 6.40. The lowest BCUT2D eigenvalue weighted by Crippen LogP contribution is -2.29. The van der Waals surface area contributed by atoms with E-state index in [1.54, 1.807) is 0 Å². The van der Waals surface area contributed by atoms with Gasteiger partial charge in [0, 0.05) is 33.5 Å². The van der Waals surface area contributed by atoms with Crippen LogP contribution in [-0.4, -0.2) is 26.6 Å². The highest BCUT2D eigenvalue weighted by atomic mass is 35.5. The van der Waals surface area contributed by atoms with Gasteiger partial charge in [-0.05, 0) is 24.4 Å². The molecular formula is C18H16ClF2N4O3PS. The summed E-state index contributed by atoms with van der Waals surface area (Å²) >= 11 is 7.86. The maximum absolute atomic E-state index is 14.2. The van der Waals surface area contributed by atoms with E-state index in [9.17, 15) is 18.4 Å². The second-order valence-corrected chi connectivity index (χ2v) is 8.32. The van der Waals surface area contributed by atoms with E-state index in [2.05, 4.69) is 26.6 Å². The summed E-state index contributed by atoms with van der Waals surface area (Å²) in [6.45, 7) is 5.44. The number of thiophene rings is 1. The second-order valence-electron chi connectivity index (χ2n) is 6.20. The van der Waals surface area contributed by atoms with Crippen molar-refractivity contribution in [3.8, 4) is 0 Å². The van der Waals surface area contributed by atoms with E-state index < -0.39 is 22.9 Å². The van der Waals surface area contributed by atoms with Gasteiger partial charge < -0.3 is 10.2 Å². The molecule has 158 valence electrons. The molecule has 0 aliphatic carbocycles. The van der Waals surface area contributed by atoms with Crippen LogP contribution in [0.4, 0.5) is 8.78 Å². The Bertz CT molecular complexity index is 1130. The van der Waals surface area contributed by atoms with Gasteiger partial charge in [0.2, 0.25) is 5.91 Å². The highest BCUT2D eigenvalue weighted by molar-refractivity contribution is 7.18. The Morgan fingerprint density at radius 1 is 1.53 bits per heavy atom. The Hall–Kier alpha value is -2.55. The molecule has 2 aromatic heterocycles. The van der Waals surface area contributed by atoms with Gasteiger partial charge in [-0.2, -0.15) is 8.78 Å². The predicted octanol–water partition coefficient (Wildman–Crippen LogP) is 3.78. The van der Waals surface area contributed by atoms with Gasteiger partial charge in [-0.3, -0.25) is 14.3 Å². The summed E-state index contributed by atoms with van der Waals surface area (Å²) in [6.07, 6.45) is 2.43. The molecule has 2 aromatic rings. The van der Waals surface area contributed by atoms with Crippen molar-refractivity contribution in [1.29, 1.82) is 0 Å². The van der Waals surface area contributed by atoms with Crippen molar-refractivity contribution < 1.29 is 18.1 Å². The van der Waals surface area contributed by atoms with Crippen molar-refractivity contribution in [2.75, 3.05) is 0 Å². The molecule has 1 atom stereocenters. The van der Waals surface area contributed by atoms with Crippen molar-refractivity contribution >= 4 is 43.7 Å². The monoisotopic (exact) mass is 472 g/mol. The molecule has 0 aromatic carbocycles. The van der Waals surface area contributed by atoms with E-state index >= 15 is 0 Å². The fourth-order valence-corrected chi connectivity index (χ4v) is 3.69. The van der Waals surface area contributed by atoms with Gasteiger partial charge in [-0.1, -0.05) is 38.6 Å². The maximum atomic E-state index is 14.2. The third-order valence-electron chi connectivity index (χ3n) is 4.11. The van der Waals surface area contributed by atoms with E-state index in [1.807, 2.05) is 17.5 Å². The summed E-state index contributed by atoms with van der Waals surface area (Å²) < 4.78 is 32.7. The third kappa shape index (κ3) is 4.77. The minimum absolute atomic E-state index is 0.0754. The molecule has 0 spiro atoms. The first kappa shape index (κ1) is 22.1. The molecule has 1 aliphatic rings. The van der Waals surface area contributed by atoms with Crippen molar-refractivity contribution in [2.45, 2.75) is 19.1 Å². The van der Waals surface area contributed by atoms with Crippen LogP contribution in [0.2, 0.25) is 0 Å². The van der Waals surface area contributed by atoms with Gasteiger partial charge in [-0.25, -0.2) is 4.79 Å². The third-order valence-corrected chi connectivity index (χ3v) is 5.76. The molecule has 0 saturated heterocycles. The molecule has 1 amide bonds. The first-order valence-corrected chi connectivity index (χ1v) is 10.2. The zero-order chi connectivity index (χ0) is 22.1. The molecule has 12 heteroatoms. The lowest BCUT2D eigenvalue weighted by molar-refractivity contribution is -0.117.